The monoisotopic (exact) mass is 271 g/mol. The lowest BCUT2D eigenvalue weighted by Gasteiger charge is -2.12. The van der Waals surface area contributed by atoms with E-state index in [1.54, 1.807) is 7.11 Å². The molecule has 0 atom stereocenters. The maximum Gasteiger partial charge on any atom is 0.135 e. The standard InChI is InChI=1S/C16H21N3O/c1-5-17-16-11(2)12(3)18-15(19-16)10-13-8-6-7-9-14(13)20-4/h6-9H,5,10H2,1-4H3,(H,17,18,19). The Morgan fingerprint density at radius 3 is 2.60 bits per heavy atom. The first-order valence-corrected chi connectivity index (χ1v) is 6.85. The average Bonchev–Trinajstić information content (AvgIpc) is 2.45. The Kier molecular flexibility index (Phi) is 4.56. The highest BCUT2D eigenvalue weighted by atomic mass is 16.5. The number of aromatic nitrogens is 2. The maximum absolute atomic E-state index is 5.38. The zero-order chi connectivity index (χ0) is 14.5. The fourth-order valence-electron chi connectivity index (χ4n) is 2.12. The molecular weight excluding hydrogens is 250 g/mol. The zero-order valence-corrected chi connectivity index (χ0v) is 12.5. The van der Waals surface area contributed by atoms with Crippen LogP contribution in [0.3, 0.4) is 0 Å². The van der Waals surface area contributed by atoms with Crippen molar-refractivity contribution in [3.8, 4) is 5.75 Å². The first-order chi connectivity index (χ1) is 9.65. The van der Waals surface area contributed by atoms with Crippen molar-refractivity contribution in [2.24, 2.45) is 0 Å². The summed E-state index contributed by atoms with van der Waals surface area (Å²) >= 11 is 0. The van der Waals surface area contributed by atoms with E-state index in [1.165, 1.54) is 0 Å². The van der Waals surface area contributed by atoms with Gasteiger partial charge >= 0.3 is 0 Å². The summed E-state index contributed by atoms with van der Waals surface area (Å²) in [6.07, 6.45) is 0.670. The number of nitrogens with zero attached hydrogens (tertiary/aromatic N) is 2. The summed E-state index contributed by atoms with van der Waals surface area (Å²) in [5, 5.41) is 3.29. The first-order valence-electron chi connectivity index (χ1n) is 6.85. The summed E-state index contributed by atoms with van der Waals surface area (Å²) in [7, 11) is 1.68. The van der Waals surface area contributed by atoms with E-state index in [4.69, 9.17) is 4.74 Å². The second kappa shape index (κ2) is 6.37. The molecule has 4 nitrogen and oxygen atoms in total. The molecule has 4 heteroatoms. The minimum atomic E-state index is 0.670. The normalized spacial score (nSPS) is 10.4. The number of aryl methyl sites for hydroxylation is 1. The van der Waals surface area contributed by atoms with Gasteiger partial charge in [-0.25, -0.2) is 9.97 Å². The molecule has 0 spiro atoms. The third kappa shape index (κ3) is 3.07. The molecule has 20 heavy (non-hydrogen) atoms. The lowest BCUT2D eigenvalue weighted by Crippen LogP contribution is -2.08. The van der Waals surface area contributed by atoms with Crippen LogP contribution in [0, 0.1) is 13.8 Å². The molecule has 0 radical (unpaired) electrons. The smallest absolute Gasteiger partial charge is 0.135 e. The highest BCUT2D eigenvalue weighted by molar-refractivity contribution is 5.46. The van der Waals surface area contributed by atoms with Gasteiger partial charge in [-0.1, -0.05) is 18.2 Å². The van der Waals surface area contributed by atoms with E-state index in [9.17, 15) is 0 Å². The first kappa shape index (κ1) is 14.3. The Morgan fingerprint density at radius 2 is 1.90 bits per heavy atom. The molecule has 0 saturated heterocycles. The Labute approximate surface area is 120 Å². The molecule has 0 bridgehead atoms. The Morgan fingerprint density at radius 1 is 1.15 bits per heavy atom. The van der Waals surface area contributed by atoms with Crippen LogP contribution in [0.1, 0.15) is 29.6 Å². The molecular formula is C16H21N3O. The largest absolute Gasteiger partial charge is 0.496 e. The van der Waals surface area contributed by atoms with E-state index in [0.717, 1.165) is 40.8 Å². The van der Waals surface area contributed by atoms with Crippen LogP contribution < -0.4 is 10.1 Å². The number of benzene rings is 1. The summed E-state index contributed by atoms with van der Waals surface area (Å²) in [5.41, 5.74) is 3.22. The van der Waals surface area contributed by atoms with Crippen LogP contribution in [0.5, 0.6) is 5.75 Å². The van der Waals surface area contributed by atoms with E-state index in [1.807, 2.05) is 38.1 Å². The van der Waals surface area contributed by atoms with Gasteiger partial charge in [0.25, 0.3) is 0 Å². The quantitative estimate of drug-likeness (QED) is 0.907. The number of rotatable bonds is 5. The van der Waals surface area contributed by atoms with Crippen LogP contribution in [-0.2, 0) is 6.42 Å². The van der Waals surface area contributed by atoms with Crippen molar-refractivity contribution in [3.05, 3.63) is 46.9 Å². The van der Waals surface area contributed by atoms with Crippen molar-refractivity contribution in [2.75, 3.05) is 19.0 Å². The summed E-state index contributed by atoms with van der Waals surface area (Å²) in [5.74, 6) is 2.61. The van der Waals surface area contributed by atoms with Crippen molar-refractivity contribution < 1.29 is 4.74 Å². The van der Waals surface area contributed by atoms with Gasteiger partial charge in [0.15, 0.2) is 0 Å². The van der Waals surface area contributed by atoms with Gasteiger partial charge in [-0.3, -0.25) is 0 Å². The van der Waals surface area contributed by atoms with Crippen LogP contribution in [0.15, 0.2) is 24.3 Å². The predicted octanol–water partition coefficient (Wildman–Crippen LogP) is 3.12. The summed E-state index contributed by atoms with van der Waals surface area (Å²) < 4.78 is 5.38. The number of nitrogens with one attached hydrogen (secondary N) is 1. The Hall–Kier alpha value is -2.10. The number of hydrogen-bond donors (Lipinski definition) is 1. The van der Waals surface area contributed by atoms with E-state index in [2.05, 4.69) is 22.2 Å². The molecule has 1 heterocycles. The van der Waals surface area contributed by atoms with E-state index in [-0.39, 0.29) is 0 Å². The van der Waals surface area contributed by atoms with Crippen molar-refractivity contribution >= 4 is 5.82 Å². The van der Waals surface area contributed by atoms with Crippen LogP contribution >= 0.6 is 0 Å². The lowest BCUT2D eigenvalue weighted by atomic mass is 10.1. The van der Waals surface area contributed by atoms with Crippen LogP contribution in [0.2, 0.25) is 0 Å². The Balaban J connectivity index is 2.34. The van der Waals surface area contributed by atoms with Gasteiger partial charge in [0.05, 0.1) is 7.11 Å². The second-order valence-electron chi connectivity index (χ2n) is 4.72. The molecule has 0 amide bonds. The summed E-state index contributed by atoms with van der Waals surface area (Å²) in [4.78, 5) is 9.20. The van der Waals surface area contributed by atoms with E-state index < -0.39 is 0 Å². The molecule has 0 aliphatic heterocycles. The molecule has 106 valence electrons. The lowest BCUT2D eigenvalue weighted by molar-refractivity contribution is 0.410. The summed E-state index contributed by atoms with van der Waals surface area (Å²) in [6, 6.07) is 7.98. The molecule has 1 aromatic heterocycles. The third-order valence-corrected chi connectivity index (χ3v) is 3.32. The number of para-hydroxylation sites is 1. The van der Waals surface area contributed by atoms with Gasteiger partial charge < -0.3 is 10.1 Å². The SMILES string of the molecule is CCNc1nc(Cc2ccccc2OC)nc(C)c1C. The van der Waals surface area contributed by atoms with Crippen LogP contribution in [0.25, 0.3) is 0 Å². The maximum atomic E-state index is 5.38. The van der Waals surface area contributed by atoms with Gasteiger partial charge in [0.1, 0.15) is 17.4 Å². The average molecular weight is 271 g/mol. The Bertz CT molecular complexity index is 596. The van der Waals surface area contributed by atoms with Gasteiger partial charge in [-0.05, 0) is 26.8 Å². The highest BCUT2D eigenvalue weighted by Crippen LogP contribution is 2.21. The molecule has 1 aromatic carbocycles. The minimum absolute atomic E-state index is 0.670. The van der Waals surface area contributed by atoms with E-state index in [0.29, 0.717) is 6.42 Å². The predicted molar refractivity (Wildman–Crippen MR) is 81.5 cm³/mol. The fourth-order valence-corrected chi connectivity index (χ4v) is 2.12. The molecule has 0 unspecified atom stereocenters. The molecule has 2 aromatic rings. The van der Waals surface area contributed by atoms with Crippen molar-refractivity contribution in [1.82, 2.24) is 9.97 Å². The van der Waals surface area contributed by atoms with Crippen LogP contribution in [0.4, 0.5) is 5.82 Å². The van der Waals surface area contributed by atoms with Crippen molar-refractivity contribution in [2.45, 2.75) is 27.2 Å². The molecule has 0 fully saturated rings. The highest BCUT2D eigenvalue weighted by Gasteiger charge is 2.10. The molecule has 1 N–H and O–H groups in total. The summed E-state index contributed by atoms with van der Waals surface area (Å²) in [6.45, 7) is 6.98. The van der Waals surface area contributed by atoms with Gasteiger partial charge in [0, 0.05) is 29.8 Å². The minimum Gasteiger partial charge on any atom is -0.496 e. The molecule has 0 aliphatic rings. The van der Waals surface area contributed by atoms with Crippen molar-refractivity contribution in [1.29, 1.82) is 0 Å². The molecule has 0 saturated carbocycles. The second-order valence-corrected chi connectivity index (χ2v) is 4.72. The zero-order valence-electron chi connectivity index (χ0n) is 12.5. The third-order valence-electron chi connectivity index (χ3n) is 3.32. The molecule has 2 rings (SSSR count). The fraction of sp³-hybridized carbons (Fsp3) is 0.375. The van der Waals surface area contributed by atoms with Crippen LogP contribution in [-0.4, -0.2) is 23.6 Å². The molecule has 0 aliphatic carbocycles. The topological polar surface area (TPSA) is 47.0 Å². The van der Waals surface area contributed by atoms with Gasteiger partial charge in [-0.15, -0.1) is 0 Å². The number of hydrogen-bond acceptors (Lipinski definition) is 4. The van der Waals surface area contributed by atoms with E-state index >= 15 is 0 Å². The van der Waals surface area contributed by atoms with Crippen molar-refractivity contribution in [3.63, 3.8) is 0 Å². The van der Waals surface area contributed by atoms with Gasteiger partial charge in [0.2, 0.25) is 0 Å². The number of ether oxygens (including phenoxy) is 1. The number of methoxy groups -OCH3 is 1. The number of anilines is 1. The van der Waals surface area contributed by atoms with Gasteiger partial charge in [-0.2, -0.15) is 0 Å².